The Bertz CT molecular complexity index is 1540. The van der Waals surface area contributed by atoms with Gasteiger partial charge in [-0.1, -0.05) is 72.8 Å². The van der Waals surface area contributed by atoms with Gasteiger partial charge >= 0.3 is 0 Å². The molecule has 32 heavy (non-hydrogen) atoms. The minimum atomic E-state index is 0.902. The fourth-order valence-electron chi connectivity index (χ4n) is 4.61. The summed E-state index contributed by atoms with van der Waals surface area (Å²) in [6.07, 6.45) is 2.80. The molecule has 0 saturated carbocycles. The number of hydrogen-bond acceptors (Lipinski definition) is 3. The Morgan fingerprint density at radius 1 is 0.719 bits per heavy atom. The summed E-state index contributed by atoms with van der Waals surface area (Å²) in [5, 5.41) is 10.5. The summed E-state index contributed by atoms with van der Waals surface area (Å²) in [6, 6.07) is 29.0. The first-order chi connectivity index (χ1) is 15.8. The van der Waals surface area contributed by atoms with Crippen LogP contribution in [0.15, 0.2) is 95.8 Å². The monoisotopic (exact) mass is 447 g/mol. The van der Waals surface area contributed by atoms with Crippen molar-refractivity contribution in [3.05, 3.63) is 113 Å². The number of nitrogens with zero attached hydrogens (tertiary/aromatic N) is 1. The molecule has 0 saturated heterocycles. The van der Waals surface area contributed by atoms with Crippen LogP contribution in [0.5, 0.6) is 0 Å². The van der Waals surface area contributed by atoms with Crippen LogP contribution in [0, 0.1) is 6.92 Å². The van der Waals surface area contributed by atoms with Crippen LogP contribution < -0.4 is 0 Å². The number of hydrogen-bond donors (Lipinski definition) is 0. The van der Waals surface area contributed by atoms with E-state index in [1.807, 2.05) is 17.5 Å². The Morgan fingerprint density at radius 2 is 1.56 bits per heavy atom. The molecule has 6 rings (SSSR count). The van der Waals surface area contributed by atoms with E-state index in [1.165, 1.54) is 54.2 Å². The molecule has 2 aromatic heterocycles. The van der Waals surface area contributed by atoms with Crippen molar-refractivity contribution in [2.24, 2.45) is 0 Å². The van der Waals surface area contributed by atoms with E-state index in [-0.39, 0.29) is 0 Å². The summed E-state index contributed by atoms with van der Waals surface area (Å²) in [6.45, 7) is 2.18. The highest BCUT2D eigenvalue weighted by molar-refractivity contribution is 7.13. The van der Waals surface area contributed by atoms with E-state index >= 15 is 0 Å². The third-order valence-electron chi connectivity index (χ3n) is 6.12. The molecule has 0 atom stereocenters. The van der Waals surface area contributed by atoms with Gasteiger partial charge in [-0.15, -0.1) is 22.7 Å². The molecule has 0 aliphatic carbocycles. The average molecular weight is 448 g/mol. The molecule has 0 radical (unpaired) electrons. The Balaban J connectivity index is 1.52. The van der Waals surface area contributed by atoms with E-state index < -0.39 is 0 Å². The molecule has 154 valence electrons. The first kappa shape index (κ1) is 19.4. The second kappa shape index (κ2) is 8.01. The van der Waals surface area contributed by atoms with Gasteiger partial charge in [0.1, 0.15) is 5.01 Å². The van der Waals surface area contributed by atoms with Gasteiger partial charge in [-0.25, -0.2) is 4.98 Å². The normalized spacial score (nSPS) is 11.4. The van der Waals surface area contributed by atoms with Crippen molar-refractivity contribution in [2.75, 3.05) is 0 Å². The molecule has 0 bridgehead atoms. The van der Waals surface area contributed by atoms with Crippen LogP contribution >= 0.6 is 22.7 Å². The fourth-order valence-corrected chi connectivity index (χ4v) is 6.19. The number of aromatic nitrogens is 1. The summed E-state index contributed by atoms with van der Waals surface area (Å²) in [5.74, 6) is 0. The zero-order valence-corrected chi connectivity index (χ0v) is 19.3. The molecule has 0 amide bonds. The van der Waals surface area contributed by atoms with Gasteiger partial charge in [-0.3, -0.25) is 0 Å². The van der Waals surface area contributed by atoms with E-state index in [4.69, 9.17) is 0 Å². The Hall–Kier alpha value is -3.27. The SMILES string of the molecule is Cc1ccc2ccc(Cc3ccc4ccccc4c3-c3cccs3)cc2c1-c1nccs1. The molecule has 4 aromatic carbocycles. The van der Waals surface area contributed by atoms with Crippen molar-refractivity contribution in [1.82, 2.24) is 4.98 Å². The Labute approximate surface area is 195 Å². The van der Waals surface area contributed by atoms with Crippen molar-refractivity contribution in [2.45, 2.75) is 13.3 Å². The van der Waals surface area contributed by atoms with Crippen LogP contribution in [0.25, 0.3) is 42.6 Å². The minimum absolute atomic E-state index is 0.902. The standard InChI is InChI=1S/C29H21NS2/c1-19-8-10-22-11-9-20(18-25(22)27(19)29-30-14-16-32-29)17-23-13-12-21-5-2-3-6-24(21)28(23)26-7-4-15-31-26/h2-16,18H,17H2,1H3. The quantitative estimate of drug-likeness (QED) is 0.263. The lowest BCUT2D eigenvalue weighted by Crippen LogP contribution is -1.94. The van der Waals surface area contributed by atoms with Crippen molar-refractivity contribution < 1.29 is 0 Å². The summed E-state index contributed by atoms with van der Waals surface area (Å²) in [4.78, 5) is 5.94. The maximum absolute atomic E-state index is 4.61. The maximum atomic E-state index is 4.61. The van der Waals surface area contributed by atoms with Crippen LogP contribution in [0.2, 0.25) is 0 Å². The van der Waals surface area contributed by atoms with E-state index in [0.717, 1.165) is 11.4 Å². The van der Waals surface area contributed by atoms with Crippen molar-refractivity contribution in [3.63, 3.8) is 0 Å². The molecular formula is C29H21NS2. The van der Waals surface area contributed by atoms with Crippen molar-refractivity contribution >= 4 is 44.2 Å². The van der Waals surface area contributed by atoms with Crippen molar-refractivity contribution in [1.29, 1.82) is 0 Å². The third kappa shape index (κ3) is 3.35. The van der Waals surface area contributed by atoms with Gasteiger partial charge in [-0.2, -0.15) is 0 Å². The molecule has 0 aliphatic heterocycles. The lowest BCUT2D eigenvalue weighted by Gasteiger charge is -2.14. The summed E-state index contributed by atoms with van der Waals surface area (Å²) in [7, 11) is 0. The van der Waals surface area contributed by atoms with Crippen LogP contribution in [0.1, 0.15) is 16.7 Å². The lowest BCUT2D eigenvalue weighted by atomic mass is 9.92. The lowest BCUT2D eigenvalue weighted by molar-refractivity contribution is 1.21. The van der Waals surface area contributed by atoms with Gasteiger partial charge < -0.3 is 0 Å². The van der Waals surface area contributed by atoms with E-state index in [2.05, 4.69) is 102 Å². The molecule has 0 aliphatic rings. The highest BCUT2D eigenvalue weighted by atomic mass is 32.1. The zero-order chi connectivity index (χ0) is 21.5. The van der Waals surface area contributed by atoms with Crippen LogP contribution in [-0.2, 0) is 6.42 Å². The fraction of sp³-hybridized carbons (Fsp3) is 0.0690. The van der Waals surface area contributed by atoms with Gasteiger partial charge in [0, 0.05) is 27.6 Å². The smallest absolute Gasteiger partial charge is 0.124 e. The molecule has 2 heterocycles. The van der Waals surface area contributed by atoms with Gasteiger partial charge in [0.15, 0.2) is 0 Å². The summed E-state index contributed by atoms with van der Waals surface area (Å²) < 4.78 is 0. The Kier molecular flexibility index (Phi) is 4.86. The first-order valence-corrected chi connectivity index (χ1v) is 12.5. The topological polar surface area (TPSA) is 12.9 Å². The molecule has 6 aromatic rings. The number of benzene rings is 4. The van der Waals surface area contributed by atoms with E-state index in [0.29, 0.717) is 0 Å². The van der Waals surface area contributed by atoms with Gasteiger partial charge in [-0.05, 0) is 63.0 Å². The van der Waals surface area contributed by atoms with Crippen LogP contribution in [0.4, 0.5) is 0 Å². The number of fused-ring (bicyclic) bond motifs is 2. The second-order valence-corrected chi connectivity index (χ2v) is 9.97. The van der Waals surface area contributed by atoms with E-state index in [9.17, 15) is 0 Å². The number of thiazole rings is 1. The first-order valence-electron chi connectivity index (χ1n) is 10.7. The number of thiophene rings is 1. The van der Waals surface area contributed by atoms with Crippen LogP contribution in [0.3, 0.4) is 0 Å². The van der Waals surface area contributed by atoms with Gasteiger partial charge in [0.25, 0.3) is 0 Å². The molecule has 0 N–H and O–H groups in total. The summed E-state index contributed by atoms with van der Waals surface area (Å²) in [5.41, 5.74) is 6.59. The summed E-state index contributed by atoms with van der Waals surface area (Å²) >= 11 is 3.52. The zero-order valence-electron chi connectivity index (χ0n) is 17.7. The van der Waals surface area contributed by atoms with Gasteiger partial charge in [0.05, 0.1) is 0 Å². The number of rotatable bonds is 4. The predicted octanol–water partition coefficient (Wildman–Crippen LogP) is 8.74. The maximum Gasteiger partial charge on any atom is 0.124 e. The third-order valence-corrected chi connectivity index (χ3v) is 7.80. The number of aryl methyl sites for hydroxylation is 1. The minimum Gasteiger partial charge on any atom is -0.245 e. The van der Waals surface area contributed by atoms with Crippen molar-refractivity contribution in [3.8, 4) is 21.0 Å². The van der Waals surface area contributed by atoms with E-state index in [1.54, 1.807) is 11.3 Å². The molecule has 3 heteroatoms. The largest absolute Gasteiger partial charge is 0.245 e. The Morgan fingerprint density at radius 3 is 2.41 bits per heavy atom. The highest BCUT2D eigenvalue weighted by Gasteiger charge is 2.14. The van der Waals surface area contributed by atoms with Crippen LogP contribution in [-0.4, -0.2) is 4.98 Å². The molecule has 0 spiro atoms. The second-order valence-electron chi connectivity index (χ2n) is 8.13. The molecule has 1 nitrogen and oxygen atoms in total. The van der Waals surface area contributed by atoms with Gasteiger partial charge in [0.2, 0.25) is 0 Å². The molecule has 0 fully saturated rings. The molecule has 0 unspecified atom stereocenters. The molecular weight excluding hydrogens is 426 g/mol. The predicted molar refractivity (Wildman–Crippen MR) is 140 cm³/mol. The average Bonchev–Trinajstić information content (AvgIpc) is 3.53. The highest BCUT2D eigenvalue weighted by Crippen LogP contribution is 2.38.